The molecule has 4 rings (SSSR count). The number of hydrogen-bond donors (Lipinski definition) is 1. The van der Waals surface area contributed by atoms with E-state index in [1.165, 1.54) is 20.5 Å². The monoisotopic (exact) mass is 442 g/mol. The molecule has 3 aromatic heterocycles. The van der Waals surface area contributed by atoms with Gasteiger partial charge >= 0.3 is 5.69 Å². The first-order valence-corrected chi connectivity index (χ1v) is 11.3. The van der Waals surface area contributed by atoms with Crippen LogP contribution in [0, 0.1) is 12.8 Å². The molecule has 1 fully saturated rings. The molecule has 10 heteroatoms. The van der Waals surface area contributed by atoms with Gasteiger partial charge in [-0.15, -0.1) is 11.3 Å². The predicted octanol–water partition coefficient (Wildman–Crippen LogP) is 2.01. The molecule has 3 aromatic rings. The second-order valence-electron chi connectivity index (χ2n) is 8.04. The minimum Gasteiger partial charge on any atom is -0.364 e. The summed E-state index contributed by atoms with van der Waals surface area (Å²) in [4.78, 5) is 51.1. The van der Waals surface area contributed by atoms with Crippen LogP contribution in [-0.4, -0.2) is 48.9 Å². The van der Waals surface area contributed by atoms with E-state index < -0.39 is 11.6 Å². The third-order valence-electron chi connectivity index (χ3n) is 5.67. The molecule has 1 aliphatic heterocycles. The number of nitrogens with zero attached hydrogens (tertiary/aromatic N) is 5. The van der Waals surface area contributed by atoms with Crippen LogP contribution < -0.4 is 11.4 Å². The zero-order chi connectivity index (χ0) is 22.3. The van der Waals surface area contributed by atoms with E-state index in [1.807, 2.05) is 26.0 Å². The van der Waals surface area contributed by atoms with Crippen molar-refractivity contribution in [3.63, 3.8) is 0 Å². The molecule has 0 unspecified atom stereocenters. The Kier molecular flexibility index (Phi) is 5.65. The number of rotatable bonds is 5. The number of hydrogen-bond acceptors (Lipinski definition) is 6. The fourth-order valence-corrected chi connectivity index (χ4v) is 4.93. The van der Waals surface area contributed by atoms with Gasteiger partial charge in [-0.2, -0.15) is 0 Å². The third-order valence-corrected chi connectivity index (χ3v) is 6.66. The normalized spacial score (nSPS) is 16.7. The van der Waals surface area contributed by atoms with Crippen molar-refractivity contribution in [3.8, 4) is 10.7 Å². The second kappa shape index (κ2) is 8.26. The van der Waals surface area contributed by atoms with Crippen molar-refractivity contribution in [2.75, 3.05) is 13.1 Å². The van der Waals surface area contributed by atoms with E-state index in [0.717, 1.165) is 22.6 Å². The van der Waals surface area contributed by atoms with Gasteiger partial charge in [0, 0.05) is 24.5 Å². The molecule has 4 heterocycles. The maximum absolute atomic E-state index is 13.2. The topological polar surface area (TPSA) is 116 Å². The summed E-state index contributed by atoms with van der Waals surface area (Å²) in [6, 6.07) is 3.81. The van der Waals surface area contributed by atoms with Crippen molar-refractivity contribution in [1.82, 2.24) is 24.0 Å². The molecular formula is C21H26N6O3S. The summed E-state index contributed by atoms with van der Waals surface area (Å²) in [6.45, 7) is 7.41. The number of imidazole rings is 1. The molecule has 2 N–H and O–H groups in total. The van der Waals surface area contributed by atoms with Gasteiger partial charge in [-0.05, 0) is 44.7 Å². The Morgan fingerprint density at radius 1 is 1.26 bits per heavy atom. The summed E-state index contributed by atoms with van der Waals surface area (Å²) in [5.41, 5.74) is 5.74. The van der Waals surface area contributed by atoms with Gasteiger partial charge in [-0.3, -0.25) is 18.7 Å². The summed E-state index contributed by atoms with van der Waals surface area (Å²) >= 11 is 1.49. The molecule has 2 amide bonds. The minimum absolute atomic E-state index is 0.0461. The maximum atomic E-state index is 13.2. The fraction of sp³-hybridized carbons (Fsp3) is 0.476. The van der Waals surface area contributed by atoms with Crippen molar-refractivity contribution in [1.29, 1.82) is 0 Å². The lowest BCUT2D eigenvalue weighted by Crippen LogP contribution is -2.42. The van der Waals surface area contributed by atoms with Gasteiger partial charge in [0.15, 0.2) is 17.2 Å². The van der Waals surface area contributed by atoms with Crippen LogP contribution in [0.1, 0.15) is 42.1 Å². The lowest BCUT2D eigenvalue weighted by molar-refractivity contribution is -0.133. The molecular weight excluding hydrogens is 416 g/mol. The Morgan fingerprint density at radius 2 is 2.03 bits per heavy atom. The molecule has 0 spiro atoms. The highest BCUT2D eigenvalue weighted by molar-refractivity contribution is 7.15. The molecule has 0 aliphatic carbocycles. The van der Waals surface area contributed by atoms with Crippen LogP contribution in [0.3, 0.4) is 0 Å². The lowest BCUT2D eigenvalue weighted by Gasteiger charge is -2.31. The highest BCUT2D eigenvalue weighted by Gasteiger charge is 2.27. The summed E-state index contributed by atoms with van der Waals surface area (Å²) in [7, 11) is 0. The van der Waals surface area contributed by atoms with Gasteiger partial charge < -0.3 is 10.6 Å². The Labute approximate surface area is 183 Å². The minimum atomic E-state index is -0.761. The highest BCUT2D eigenvalue weighted by Crippen LogP contribution is 2.27. The van der Waals surface area contributed by atoms with Gasteiger partial charge in [0.2, 0.25) is 5.91 Å². The predicted molar refractivity (Wildman–Crippen MR) is 119 cm³/mol. The Balaban J connectivity index is 1.86. The Morgan fingerprint density at radius 3 is 2.65 bits per heavy atom. The number of amides is 2. The van der Waals surface area contributed by atoms with Crippen molar-refractivity contribution in [3.05, 3.63) is 33.2 Å². The number of piperidine rings is 1. The SMILES string of the molecule is CCn1c(=O)n(CC(=O)N2CCC[C@@H](C)C2)c2c(C(N)=O)nc(-c3ccc(C)s3)nc21. The first kappa shape index (κ1) is 21.2. The van der Waals surface area contributed by atoms with Crippen molar-refractivity contribution in [2.24, 2.45) is 11.7 Å². The number of aromatic nitrogens is 4. The summed E-state index contributed by atoms with van der Waals surface area (Å²) in [6.07, 6.45) is 2.03. The number of nitrogens with two attached hydrogens (primary N) is 1. The standard InChI is InChI=1S/C21H26N6O3S/c1-4-26-20-17(16(18(22)29)23-19(24-20)14-8-7-13(3)31-14)27(21(26)30)11-15(28)25-9-5-6-12(2)10-25/h7-8,12H,4-6,9-11H2,1-3H3,(H2,22,29)/t12-/m1/s1. The number of aryl methyl sites for hydroxylation is 2. The smallest absolute Gasteiger partial charge is 0.330 e. The quantitative estimate of drug-likeness (QED) is 0.649. The van der Waals surface area contributed by atoms with Gasteiger partial charge in [0.25, 0.3) is 5.91 Å². The van der Waals surface area contributed by atoms with Crippen LogP contribution in [-0.2, 0) is 17.9 Å². The molecule has 9 nitrogen and oxygen atoms in total. The third kappa shape index (κ3) is 3.87. The molecule has 0 bridgehead atoms. The molecule has 0 saturated carbocycles. The van der Waals surface area contributed by atoms with Crippen LogP contribution in [0.2, 0.25) is 0 Å². The van der Waals surface area contributed by atoms with Gasteiger partial charge in [0.05, 0.1) is 4.88 Å². The average Bonchev–Trinajstić information content (AvgIpc) is 3.28. The summed E-state index contributed by atoms with van der Waals surface area (Å²) in [5.74, 6) is -0.150. The molecule has 164 valence electrons. The van der Waals surface area contributed by atoms with Crippen LogP contribution in [0.15, 0.2) is 16.9 Å². The number of thiophene rings is 1. The van der Waals surface area contributed by atoms with E-state index in [9.17, 15) is 14.4 Å². The number of primary amides is 1. The van der Waals surface area contributed by atoms with Crippen LogP contribution >= 0.6 is 11.3 Å². The van der Waals surface area contributed by atoms with E-state index in [0.29, 0.717) is 37.0 Å². The molecule has 31 heavy (non-hydrogen) atoms. The zero-order valence-electron chi connectivity index (χ0n) is 17.9. The molecule has 0 radical (unpaired) electrons. The van der Waals surface area contributed by atoms with Crippen LogP contribution in [0.25, 0.3) is 21.9 Å². The fourth-order valence-electron chi connectivity index (χ4n) is 4.13. The largest absolute Gasteiger partial charge is 0.364 e. The Bertz CT molecular complexity index is 1220. The van der Waals surface area contributed by atoms with Crippen molar-refractivity contribution >= 4 is 34.3 Å². The van der Waals surface area contributed by atoms with Gasteiger partial charge in [0.1, 0.15) is 12.1 Å². The molecule has 1 aliphatic rings. The Hall–Kier alpha value is -3.01. The summed E-state index contributed by atoms with van der Waals surface area (Å²) < 4.78 is 2.75. The number of carbonyl (C=O) groups excluding carboxylic acids is 2. The van der Waals surface area contributed by atoms with Gasteiger partial charge in [-0.1, -0.05) is 6.92 Å². The van der Waals surface area contributed by atoms with Crippen LogP contribution in [0.4, 0.5) is 0 Å². The number of carbonyl (C=O) groups is 2. The molecule has 1 saturated heterocycles. The lowest BCUT2D eigenvalue weighted by atomic mass is 10.0. The molecule has 1 atom stereocenters. The highest BCUT2D eigenvalue weighted by atomic mass is 32.1. The van der Waals surface area contributed by atoms with Crippen molar-refractivity contribution < 1.29 is 9.59 Å². The number of likely N-dealkylation sites (tertiary alicyclic amines) is 1. The summed E-state index contributed by atoms with van der Waals surface area (Å²) in [5, 5.41) is 0. The first-order valence-electron chi connectivity index (χ1n) is 10.5. The van der Waals surface area contributed by atoms with E-state index in [2.05, 4.69) is 16.9 Å². The van der Waals surface area contributed by atoms with E-state index >= 15 is 0 Å². The second-order valence-corrected chi connectivity index (χ2v) is 9.33. The average molecular weight is 443 g/mol. The van der Waals surface area contributed by atoms with Crippen LogP contribution in [0.5, 0.6) is 0 Å². The first-order chi connectivity index (χ1) is 14.8. The van der Waals surface area contributed by atoms with E-state index in [1.54, 1.807) is 4.90 Å². The van der Waals surface area contributed by atoms with E-state index in [4.69, 9.17) is 5.73 Å². The van der Waals surface area contributed by atoms with Gasteiger partial charge in [-0.25, -0.2) is 14.8 Å². The number of fused-ring (bicyclic) bond motifs is 1. The molecule has 0 aromatic carbocycles. The zero-order valence-corrected chi connectivity index (χ0v) is 18.7. The van der Waals surface area contributed by atoms with Crippen molar-refractivity contribution in [2.45, 2.75) is 46.7 Å². The maximum Gasteiger partial charge on any atom is 0.330 e. The van der Waals surface area contributed by atoms with E-state index in [-0.39, 0.29) is 23.7 Å².